The Hall–Kier alpha value is -2.11. The topological polar surface area (TPSA) is 50.2 Å². The van der Waals surface area contributed by atoms with Gasteiger partial charge in [0.2, 0.25) is 0 Å². The summed E-state index contributed by atoms with van der Waals surface area (Å²) in [6.07, 6.45) is -4.91. The van der Waals surface area contributed by atoms with Gasteiger partial charge < -0.3 is 5.11 Å². The molecule has 3 nitrogen and oxygen atoms in total. The van der Waals surface area contributed by atoms with Crippen LogP contribution in [0, 0.1) is 6.92 Å². The van der Waals surface area contributed by atoms with Crippen LogP contribution in [0.2, 0.25) is 0 Å². The van der Waals surface area contributed by atoms with Crippen molar-refractivity contribution in [3.8, 4) is 0 Å². The molecule has 1 aromatic carbocycles. The van der Waals surface area contributed by atoms with Crippen LogP contribution in [0.4, 0.5) is 13.2 Å². The number of aryl methyl sites for hydroxylation is 1. The molecule has 0 atom stereocenters. The van der Waals surface area contributed by atoms with E-state index in [1.165, 1.54) is 18.2 Å². The second kappa shape index (κ2) is 4.53. The fraction of sp³-hybridized carbons (Fsp3) is 0.231. The first-order valence-corrected chi connectivity index (χ1v) is 5.47. The molecule has 0 aliphatic carbocycles. The summed E-state index contributed by atoms with van der Waals surface area (Å²) in [6.45, 7) is 1.63. The van der Waals surface area contributed by atoms with E-state index in [2.05, 4.69) is 4.98 Å². The first-order valence-electron chi connectivity index (χ1n) is 5.47. The number of aromatic nitrogens is 1. The summed E-state index contributed by atoms with van der Waals surface area (Å²) in [5, 5.41) is 9.08. The van der Waals surface area contributed by atoms with Crippen molar-refractivity contribution in [1.29, 1.82) is 0 Å². The number of pyridine rings is 1. The van der Waals surface area contributed by atoms with E-state index in [0.29, 0.717) is 10.9 Å². The number of hydrogen-bond acceptors (Lipinski definition) is 2. The predicted molar refractivity (Wildman–Crippen MR) is 62.8 cm³/mol. The van der Waals surface area contributed by atoms with Gasteiger partial charge in [-0.05, 0) is 24.6 Å². The average molecular weight is 269 g/mol. The average Bonchev–Trinajstić information content (AvgIpc) is 2.26. The number of benzene rings is 1. The summed E-state index contributed by atoms with van der Waals surface area (Å²) >= 11 is 0. The van der Waals surface area contributed by atoms with Crippen molar-refractivity contribution in [1.82, 2.24) is 4.98 Å². The first kappa shape index (κ1) is 13.3. The molecule has 1 aromatic heterocycles. The van der Waals surface area contributed by atoms with Crippen molar-refractivity contribution in [3.63, 3.8) is 0 Å². The maximum Gasteiger partial charge on any atom is 0.418 e. The minimum Gasteiger partial charge on any atom is -0.481 e. The second-order valence-corrected chi connectivity index (χ2v) is 4.20. The number of carbonyl (C=O) groups is 1. The first-order chi connectivity index (χ1) is 8.79. The molecule has 0 amide bonds. The Balaban J connectivity index is 2.72. The summed E-state index contributed by atoms with van der Waals surface area (Å²) in [6, 6.07) is 5.30. The Morgan fingerprint density at radius 3 is 2.63 bits per heavy atom. The summed E-state index contributed by atoms with van der Waals surface area (Å²) in [5.41, 5.74) is -0.354. The van der Waals surface area contributed by atoms with Gasteiger partial charge in [-0.15, -0.1) is 0 Å². The van der Waals surface area contributed by atoms with Gasteiger partial charge in [0.05, 0.1) is 23.2 Å². The zero-order valence-corrected chi connectivity index (χ0v) is 9.95. The normalized spacial score (nSPS) is 11.8. The van der Waals surface area contributed by atoms with Crippen LogP contribution in [0.3, 0.4) is 0 Å². The van der Waals surface area contributed by atoms with Crippen molar-refractivity contribution in [2.45, 2.75) is 19.5 Å². The van der Waals surface area contributed by atoms with Crippen molar-refractivity contribution < 1.29 is 23.1 Å². The molecule has 100 valence electrons. The number of nitrogens with zero attached hydrogens (tertiary/aromatic N) is 1. The van der Waals surface area contributed by atoms with Crippen LogP contribution < -0.4 is 0 Å². The van der Waals surface area contributed by atoms with Crippen molar-refractivity contribution in [3.05, 3.63) is 41.1 Å². The van der Waals surface area contributed by atoms with Gasteiger partial charge in [-0.25, -0.2) is 0 Å². The Morgan fingerprint density at radius 2 is 2.05 bits per heavy atom. The van der Waals surface area contributed by atoms with Crippen LogP contribution in [-0.2, 0) is 17.4 Å². The molecule has 6 heteroatoms. The van der Waals surface area contributed by atoms with E-state index in [0.717, 1.165) is 6.07 Å². The zero-order chi connectivity index (χ0) is 14.2. The Bertz CT molecular complexity index is 650. The molecule has 2 aromatic rings. The quantitative estimate of drug-likeness (QED) is 0.910. The molecule has 2 rings (SSSR count). The SMILES string of the molecule is Cc1cc(CC(=O)O)nc2c(C(F)(F)F)cccc12. The maximum atomic E-state index is 12.9. The van der Waals surface area contributed by atoms with Gasteiger partial charge in [-0.2, -0.15) is 13.2 Å². The second-order valence-electron chi connectivity index (χ2n) is 4.20. The van der Waals surface area contributed by atoms with Crippen LogP contribution in [0.1, 0.15) is 16.8 Å². The van der Waals surface area contributed by atoms with Gasteiger partial charge in [0.15, 0.2) is 0 Å². The molecule has 0 unspecified atom stereocenters. The molecule has 0 aliphatic rings. The third kappa shape index (κ3) is 2.67. The molecule has 0 radical (unpaired) electrons. The number of hydrogen-bond donors (Lipinski definition) is 1. The van der Waals surface area contributed by atoms with E-state index in [1.807, 2.05) is 0 Å². The highest BCUT2D eigenvalue weighted by molar-refractivity contribution is 5.86. The van der Waals surface area contributed by atoms with E-state index >= 15 is 0 Å². The van der Waals surface area contributed by atoms with E-state index in [1.54, 1.807) is 6.92 Å². The molecule has 0 spiro atoms. The van der Waals surface area contributed by atoms with Crippen LogP contribution in [0.5, 0.6) is 0 Å². The zero-order valence-electron chi connectivity index (χ0n) is 9.95. The molecule has 0 bridgehead atoms. The molecule has 0 saturated carbocycles. The molecular formula is C13H10F3NO2. The van der Waals surface area contributed by atoms with Gasteiger partial charge in [0.1, 0.15) is 0 Å². The number of para-hydroxylation sites is 1. The van der Waals surface area contributed by atoms with Crippen molar-refractivity contribution in [2.75, 3.05) is 0 Å². The number of halogens is 3. The highest BCUT2D eigenvalue weighted by Gasteiger charge is 2.33. The smallest absolute Gasteiger partial charge is 0.418 e. The molecule has 0 aliphatic heterocycles. The van der Waals surface area contributed by atoms with Gasteiger partial charge in [-0.1, -0.05) is 12.1 Å². The standard InChI is InChI=1S/C13H10F3NO2/c1-7-5-8(6-11(18)19)17-12-9(7)3-2-4-10(12)13(14,15)16/h2-5H,6H2,1H3,(H,18,19). The fourth-order valence-electron chi connectivity index (χ4n) is 1.96. The van der Waals surface area contributed by atoms with Gasteiger partial charge in [0.25, 0.3) is 0 Å². The van der Waals surface area contributed by atoms with Crippen molar-refractivity contribution >= 4 is 16.9 Å². The summed E-state index contributed by atoms with van der Waals surface area (Å²) < 4.78 is 38.7. The minimum absolute atomic E-state index is 0.120. The van der Waals surface area contributed by atoms with Gasteiger partial charge >= 0.3 is 12.1 Å². The Kier molecular flexibility index (Phi) is 3.18. The van der Waals surface area contributed by atoms with Crippen LogP contribution in [0.25, 0.3) is 10.9 Å². The Morgan fingerprint density at radius 1 is 1.37 bits per heavy atom. The lowest BCUT2D eigenvalue weighted by Gasteiger charge is -2.12. The lowest BCUT2D eigenvalue weighted by Crippen LogP contribution is -2.09. The number of fused-ring (bicyclic) bond motifs is 1. The van der Waals surface area contributed by atoms with Crippen LogP contribution >= 0.6 is 0 Å². The largest absolute Gasteiger partial charge is 0.481 e. The van der Waals surface area contributed by atoms with Crippen molar-refractivity contribution in [2.24, 2.45) is 0 Å². The summed E-state index contributed by atoms with van der Waals surface area (Å²) in [4.78, 5) is 14.5. The van der Waals surface area contributed by atoms with E-state index in [9.17, 15) is 18.0 Å². The van der Waals surface area contributed by atoms with Gasteiger partial charge in [0, 0.05) is 5.39 Å². The van der Waals surface area contributed by atoms with E-state index in [-0.39, 0.29) is 11.2 Å². The van der Waals surface area contributed by atoms with Gasteiger partial charge in [-0.3, -0.25) is 9.78 Å². The summed E-state index contributed by atoms with van der Waals surface area (Å²) in [7, 11) is 0. The maximum absolute atomic E-state index is 12.9. The molecule has 0 saturated heterocycles. The third-order valence-corrected chi connectivity index (χ3v) is 2.74. The monoisotopic (exact) mass is 269 g/mol. The summed E-state index contributed by atoms with van der Waals surface area (Å²) in [5.74, 6) is -1.13. The number of aliphatic carboxylic acids is 1. The number of carboxylic acids is 1. The fourth-order valence-corrected chi connectivity index (χ4v) is 1.96. The van der Waals surface area contributed by atoms with E-state index < -0.39 is 24.1 Å². The molecule has 1 N–H and O–H groups in total. The van der Waals surface area contributed by atoms with Crippen LogP contribution in [-0.4, -0.2) is 16.1 Å². The van der Waals surface area contributed by atoms with Crippen LogP contribution in [0.15, 0.2) is 24.3 Å². The highest BCUT2D eigenvalue weighted by atomic mass is 19.4. The lowest BCUT2D eigenvalue weighted by molar-refractivity contribution is -0.137. The minimum atomic E-state index is -4.51. The number of alkyl halides is 3. The Labute approximate surface area is 106 Å². The lowest BCUT2D eigenvalue weighted by atomic mass is 10.0. The predicted octanol–water partition coefficient (Wildman–Crippen LogP) is 3.19. The molecule has 0 fully saturated rings. The number of carboxylic acid groups (broad SMARTS) is 1. The molecule has 1 heterocycles. The van der Waals surface area contributed by atoms with E-state index in [4.69, 9.17) is 5.11 Å². The third-order valence-electron chi connectivity index (χ3n) is 2.74. The molecule has 19 heavy (non-hydrogen) atoms. The number of rotatable bonds is 2. The highest BCUT2D eigenvalue weighted by Crippen LogP contribution is 2.34. The molecular weight excluding hydrogens is 259 g/mol.